The summed E-state index contributed by atoms with van der Waals surface area (Å²) in [5, 5.41) is 7.68. The number of hydrogen-bond acceptors (Lipinski definition) is 4. The zero-order chi connectivity index (χ0) is 15.7. The van der Waals surface area contributed by atoms with Gasteiger partial charge in [0, 0.05) is 32.2 Å². The lowest BCUT2D eigenvalue weighted by Gasteiger charge is -2.18. The largest absolute Gasteiger partial charge is 0.373 e. The molecule has 21 heavy (non-hydrogen) atoms. The first-order valence-electron chi connectivity index (χ1n) is 8.10. The first-order chi connectivity index (χ1) is 10.1. The second kappa shape index (κ2) is 9.55. The summed E-state index contributed by atoms with van der Waals surface area (Å²) in [5.41, 5.74) is 0.897. The summed E-state index contributed by atoms with van der Waals surface area (Å²) < 4.78 is 1.57. The predicted molar refractivity (Wildman–Crippen MR) is 89.0 cm³/mol. The van der Waals surface area contributed by atoms with Crippen molar-refractivity contribution in [2.24, 2.45) is 0 Å². The maximum atomic E-state index is 12.0. The second-order valence-electron chi connectivity index (χ2n) is 5.65. The fourth-order valence-electron chi connectivity index (χ4n) is 2.43. The first-order valence-corrected chi connectivity index (χ1v) is 8.10. The highest BCUT2D eigenvalue weighted by molar-refractivity contribution is 5.41. The van der Waals surface area contributed by atoms with E-state index < -0.39 is 0 Å². The topological polar surface area (TPSA) is 50.2 Å². The molecule has 0 aliphatic carbocycles. The van der Waals surface area contributed by atoms with Crippen LogP contribution in [0.15, 0.2) is 17.1 Å². The van der Waals surface area contributed by atoms with Crippen LogP contribution >= 0.6 is 0 Å². The standard InChI is InChI=1S/C16H30N4O/c1-5-10-19(4)15-12-16(21)20(18-13-15)11-8-7-9-14(3)17-6-2/h12-14,17H,5-11H2,1-4H3. The average Bonchev–Trinajstić information content (AvgIpc) is 2.45. The van der Waals surface area contributed by atoms with Gasteiger partial charge in [0.15, 0.2) is 0 Å². The van der Waals surface area contributed by atoms with Gasteiger partial charge in [-0.25, -0.2) is 4.68 Å². The zero-order valence-electron chi connectivity index (χ0n) is 13.9. The Balaban J connectivity index is 2.44. The van der Waals surface area contributed by atoms with Crippen molar-refractivity contribution in [3.05, 3.63) is 22.6 Å². The van der Waals surface area contributed by atoms with E-state index in [9.17, 15) is 4.79 Å². The molecule has 120 valence electrons. The van der Waals surface area contributed by atoms with Gasteiger partial charge in [0.2, 0.25) is 0 Å². The van der Waals surface area contributed by atoms with Crippen molar-refractivity contribution in [2.45, 2.75) is 59.0 Å². The quantitative estimate of drug-likeness (QED) is 0.673. The Kier molecular flexibility index (Phi) is 8.05. The van der Waals surface area contributed by atoms with Crippen molar-refractivity contribution in [1.82, 2.24) is 15.1 Å². The van der Waals surface area contributed by atoms with Gasteiger partial charge in [-0.15, -0.1) is 0 Å². The van der Waals surface area contributed by atoms with Crippen molar-refractivity contribution >= 4 is 5.69 Å². The zero-order valence-corrected chi connectivity index (χ0v) is 13.9. The number of nitrogens with zero attached hydrogens (tertiary/aromatic N) is 3. The van der Waals surface area contributed by atoms with Crippen molar-refractivity contribution < 1.29 is 0 Å². The van der Waals surface area contributed by atoms with Gasteiger partial charge in [0.1, 0.15) is 0 Å². The Morgan fingerprint density at radius 1 is 1.38 bits per heavy atom. The molecule has 1 unspecified atom stereocenters. The number of hydrogen-bond donors (Lipinski definition) is 1. The van der Waals surface area contributed by atoms with Crippen molar-refractivity contribution in [2.75, 3.05) is 25.0 Å². The van der Waals surface area contributed by atoms with Gasteiger partial charge >= 0.3 is 0 Å². The molecule has 1 rings (SSSR count). The maximum absolute atomic E-state index is 12.0. The van der Waals surface area contributed by atoms with Crippen molar-refractivity contribution in [3.63, 3.8) is 0 Å². The minimum atomic E-state index is -0.00446. The minimum absolute atomic E-state index is 0.00446. The van der Waals surface area contributed by atoms with E-state index in [2.05, 4.69) is 36.1 Å². The number of anilines is 1. The molecule has 0 aromatic carbocycles. The Bertz CT molecular complexity index is 458. The third kappa shape index (κ3) is 6.29. The van der Waals surface area contributed by atoms with E-state index in [0.717, 1.165) is 44.5 Å². The van der Waals surface area contributed by atoms with Crippen LogP contribution in [-0.2, 0) is 6.54 Å². The van der Waals surface area contributed by atoms with Crippen molar-refractivity contribution in [1.29, 1.82) is 0 Å². The van der Waals surface area contributed by atoms with Crippen molar-refractivity contribution in [3.8, 4) is 0 Å². The maximum Gasteiger partial charge on any atom is 0.268 e. The van der Waals surface area contributed by atoms with Crippen LogP contribution in [0.5, 0.6) is 0 Å². The number of unbranched alkanes of at least 4 members (excludes halogenated alkanes) is 1. The van der Waals surface area contributed by atoms with E-state index in [4.69, 9.17) is 0 Å². The predicted octanol–water partition coefficient (Wildman–Crippen LogP) is 2.26. The summed E-state index contributed by atoms with van der Waals surface area (Å²) in [6.07, 6.45) is 6.09. The number of rotatable bonds is 10. The second-order valence-corrected chi connectivity index (χ2v) is 5.65. The molecule has 1 atom stereocenters. The molecule has 1 heterocycles. The molecule has 0 aliphatic heterocycles. The SMILES string of the molecule is CCCN(C)c1cnn(CCCCC(C)NCC)c(=O)c1. The molecule has 0 saturated heterocycles. The molecule has 0 amide bonds. The van der Waals surface area contributed by atoms with Gasteiger partial charge in [-0.05, 0) is 32.7 Å². The summed E-state index contributed by atoms with van der Waals surface area (Å²) in [4.78, 5) is 14.1. The summed E-state index contributed by atoms with van der Waals surface area (Å²) in [7, 11) is 1.99. The molecule has 0 radical (unpaired) electrons. The lowest BCUT2D eigenvalue weighted by atomic mass is 10.1. The van der Waals surface area contributed by atoms with Gasteiger partial charge in [-0.1, -0.05) is 20.3 Å². The minimum Gasteiger partial charge on any atom is -0.373 e. The lowest BCUT2D eigenvalue weighted by molar-refractivity contribution is 0.467. The van der Waals surface area contributed by atoms with Crippen LogP contribution in [-0.4, -0.2) is 36.0 Å². The third-order valence-corrected chi connectivity index (χ3v) is 3.66. The van der Waals surface area contributed by atoms with E-state index in [1.807, 2.05) is 7.05 Å². The number of aromatic nitrogens is 2. The van der Waals surface area contributed by atoms with E-state index in [-0.39, 0.29) is 5.56 Å². The molecule has 1 N–H and O–H groups in total. The van der Waals surface area contributed by atoms with E-state index >= 15 is 0 Å². The monoisotopic (exact) mass is 294 g/mol. The molecule has 0 saturated carbocycles. The molecule has 0 aliphatic rings. The van der Waals surface area contributed by atoms with Gasteiger partial charge < -0.3 is 10.2 Å². The summed E-state index contributed by atoms with van der Waals surface area (Å²) in [6.45, 7) is 9.10. The van der Waals surface area contributed by atoms with E-state index in [0.29, 0.717) is 12.6 Å². The van der Waals surface area contributed by atoms with Crippen LogP contribution in [0.1, 0.15) is 46.5 Å². The van der Waals surface area contributed by atoms with E-state index in [1.54, 1.807) is 16.9 Å². The highest BCUT2D eigenvalue weighted by atomic mass is 16.1. The molecular weight excluding hydrogens is 264 g/mol. The summed E-state index contributed by atoms with van der Waals surface area (Å²) in [5.74, 6) is 0. The molecule has 0 fully saturated rings. The normalized spacial score (nSPS) is 12.4. The van der Waals surface area contributed by atoms with E-state index in [1.165, 1.54) is 0 Å². The van der Waals surface area contributed by atoms with Crippen LogP contribution in [0.2, 0.25) is 0 Å². The van der Waals surface area contributed by atoms with Crippen LogP contribution in [0.3, 0.4) is 0 Å². The number of aryl methyl sites for hydroxylation is 1. The van der Waals surface area contributed by atoms with Gasteiger partial charge in [-0.2, -0.15) is 5.10 Å². The van der Waals surface area contributed by atoms with Crippen LogP contribution in [0.4, 0.5) is 5.69 Å². The molecule has 0 bridgehead atoms. The Morgan fingerprint density at radius 2 is 2.14 bits per heavy atom. The Labute approximate surface area is 128 Å². The fraction of sp³-hybridized carbons (Fsp3) is 0.750. The first kappa shape index (κ1) is 17.7. The molecule has 0 spiro atoms. The third-order valence-electron chi connectivity index (χ3n) is 3.66. The van der Waals surface area contributed by atoms with Crippen LogP contribution in [0.25, 0.3) is 0 Å². The van der Waals surface area contributed by atoms with Crippen LogP contribution in [0, 0.1) is 0 Å². The lowest BCUT2D eigenvalue weighted by Crippen LogP contribution is -2.27. The highest BCUT2D eigenvalue weighted by Gasteiger charge is 2.05. The summed E-state index contributed by atoms with van der Waals surface area (Å²) >= 11 is 0. The highest BCUT2D eigenvalue weighted by Crippen LogP contribution is 2.07. The summed E-state index contributed by atoms with van der Waals surface area (Å²) in [6, 6.07) is 2.23. The molecule has 1 aromatic rings. The molecule has 5 nitrogen and oxygen atoms in total. The van der Waals surface area contributed by atoms with Gasteiger partial charge in [-0.3, -0.25) is 4.79 Å². The van der Waals surface area contributed by atoms with Crippen LogP contribution < -0.4 is 15.8 Å². The molecular formula is C16H30N4O. The molecule has 5 heteroatoms. The smallest absolute Gasteiger partial charge is 0.268 e. The fourth-order valence-corrected chi connectivity index (χ4v) is 2.43. The van der Waals surface area contributed by atoms with Gasteiger partial charge in [0.05, 0.1) is 11.9 Å². The Morgan fingerprint density at radius 3 is 2.76 bits per heavy atom. The van der Waals surface area contributed by atoms with Gasteiger partial charge in [0.25, 0.3) is 5.56 Å². The Hall–Kier alpha value is -1.36. The number of nitrogens with one attached hydrogen (secondary N) is 1. The molecule has 1 aromatic heterocycles. The average molecular weight is 294 g/mol.